The predicted molar refractivity (Wildman–Crippen MR) is 98.0 cm³/mol. The minimum absolute atomic E-state index is 0.117. The van der Waals surface area contributed by atoms with E-state index in [1.54, 1.807) is 16.7 Å². The number of benzene rings is 1. The highest BCUT2D eigenvalue weighted by Gasteiger charge is 2.23. The Labute approximate surface area is 153 Å². The van der Waals surface area contributed by atoms with E-state index in [4.69, 9.17) is 0 Å². The van der Waals surface area contributed by atoms with Gasteiger partial charge in [-0.3, -0.25) is 9.36 Å². The monoisotopic (exact) mass is 355 g/mol. The molecule has 26 heavy (non-hydrogen) atoms. The molecular formula is C20H24FN4O+. The molecule has 0 unspecified atom stereocenters. The zero-order chi connectivity index (χ0) is 18.7. The maximum atomic E-state index is 13.7. The number of carbonyl (C=O) groups is 1. The van der Waals surface area contributed by atoms with Crippen LogP contribution in [0.2, 0.25) is 0 Å². The van der Waals surface area contributed by atoms with E-state index in [2.05, 4.69) is 11.4 Å². The van der Waals surface area contributed by atoms with Crippen LogP contribution >= 0.6 is 0 Å². The van der Waals surface area contributed by atoms with Crippen LogP contribution in [0.4, 0.5) is 10.2 Å². The lowest BCUT2D eigenvalue weighted by molar-refractivity contribution is -0.896. The Morgan fingerprint density at radius 3 is 2.69 bits per heavy atom. The van der Waals surface area contributed by atoms with Crippen molar-refractivity contribution in [3.63, 3.8) is 0 Å². The molecular weight excluding hydrogens is 331 g/mol. The number of quaternary nitrogens is 1. The van der Waals surface area contributed by atoms with E-state index in [1.165, 1.54) is 23.5 Å². The Bertz CT molecular complexity index is 859. The SMILES string of the molecule is Cc1c(C#N)c(NC(=O)C[NH+]2CCCCC2)n(-c2cccc(F)c2)c1C. The fourth-order valence-electron chi connectivity index (χ4n) is 3.63. The number of anilines is 1. The Kier molecular flexibility index (Phi) is 5.38. The highest BCUT2D eigenvalue weighted by atomic mass is 19.1. The van der Waals surface area contributed by atoms with E-state index in [0.29, 0.717) is 23.6 Å². The molecule has 6 heteroatoms. The van der Waals surface area contributed by atoms with Gasteiger partial charge in [0.25, 0.3) is 5.91 Å². The number of nitriles is 1. The van der Waals surface area contributed by atoms with Gasteiger partial charge in [-0.25, -0.2) is 4.39 Å². The number of nitrogens with zero attached hydrogens (tertiary/aromatic N) is 2. The lowest BCUT2D eigenvalue weighted by Gasteiger charge is -2.23. The van der Waals surface area contributed by atoms with E-state index >= 15 is 0 Å². The number of rotatable bonds is 4. The summed E-state index contributed by atoms with van der Waals surface area (Å²) < 4.78 is 15.5. The average Bonchev–Trinajstić information content (AvgIpc) is 2.85. The normalized spacial score (nSPS) is 14.8. The van der Waals surface area contributed by atoms with Gasteiger partial charge in [0, 0.05) is 5.69 Å². The van der Waals surface area contributed by atoms with E-state index in [9.17, 15) is 14.4 Å². The first kappa shape index (κ1) is 18.2. The van der Waals surface area contributed by atoms with Gasteiger partial charge < -0.3 is 10.2 Å². The Hall–Kier alpha value is -2.65. The third-order valence-corrected chi connectivity index (χ3v) is 5.12. The summed E-state index contributed by atoms with van der Waals surface area (Å²) in [7, 11) is 0. The van der Waals surface area contributed by atoms with Crippen molar-refractivity contribution in [2.45, 2.75) is 33.1 Å². The highest BCUT2D eigenvalue weighted by molar-refractivity contribution is 5.93. The standard InChI is InChI=1S/C20H23FN4O/c1-14-15(2)25(17-8-6-7-16(21)11-17)20(18(14)12-22)23-19(26)13-24-9-4-3-5-10-24/h6-8,11H,3-5,9-10,13H2,1-2H3,(H,23,26)/p+1. The summed E-state index contributed by atoms with van der Waals surface area (Å²) >= 11 is 0. The van der Waals surface area contributed by atoms with Crippen LogP contribution in [0.3, 0.4) is 0 Å². The molecule has 2 aromatic rings. The van der Waals surface area contributed by atoms with Crippen molar-refractivity contribution < 1.29 is 14.1 Å². The van der Waals surface area contributed by atoms with Crippen LogP contribution in [-0.4, -0.2) is 30.1 Å². The molecule has 1 fully saturated rings. The maximum absolute atomic E-state index is 13.7. The van der Waals surface area contributed by atoms with Crippen molar-refractivity contribution >= 4 is 11.7 Å². The number of amides is 1. The second-order valence-corrected chi connectivity index (χ2v) is 6.90. The number of hydrogen-bond acceptors (Lipinski definition) is 2. The molecule has 1 amide bonds. The van der Waals surface area contributed by atoms with Gasteiger partial charge in [0.15, 0.2) is 6.54 Å². The van der Waals surface area contributed by atoms with Crippen molar-refractivity contribution in [3.8, 4) is 11.8 Å². The van der Waals surface area contributed by atoms with Crippen LogP contribution in [0.25, 0.3) is 5.69 Å². The van der Waals surface area contributed by atoms with E-state index in [-0.39, 0.29) is 11.7 Å². The summed E-state index contributed by atoms with van der Waals surface area (Å²) in [5.41, 5.74) is 2.62. The molecule has 0 radical (unpaired) electrons. The molecule has 2 N–H and O–H groups in total. The van der Waals surface area contributed by atoms with Gasteiger partial charge >= 0.3 is 0 Å². The Balaban J connectivity index is 1.93. The number of nitrogens with one attached hydrogen (secondary N) is 2. The van der Waals surface area contributed by atoms with Crippen molar-refractivity contribution in [1.29, 1.82) is 5.26 Å². The van der Waals surface area contributed by atoms with E-state index in [1.807, 2.05) is 13.8 Å². The molecule has 1 aliphatic heterocycles. The van der Waals surface area contributed by atoms with Crippen LogP contribution in [0.5, 0.6) is 0 Å². The quantitative estimate of drug-likeness (QED) is 0.882. The Morgan fingerprint density at radius 2 is 2.04 bits per heavy atom. The topological polar surface area (TPSA) is 62.3 Å². The molecule has 5 nitrogen and oxygen atoms in total. The first-order valence-corrected chi connectivity index (χ1v) is 9.02. The summed E-state index contributed by atoms with van der Waals surface area (Å²) in [4.78, 5) is 13.9. The first-order chi connectivity index (χ1) is 12.5. The van der Waals surface area contributed by atoms with Crippen molar-refractivity contribution in [3.05, 3.63) is 46.9 Å². The van der Waals surface area contributed by atoms with Crippen LogP contribution in [0, 0.1) is 31.0 Å². The molecule has 3 rings (SSSR count). The van der Waals surface area contributed by atoms with Gasteiger partial charge in [0.1, 0.15) is 17.7 Å². The molecule has 0 bridgehead atoms. The maximum Gasteiger partial charge on any atom is 0.280 e. The molecule has 2 heterocycles. The van der Waals surface area contributed by atoms with Crippen LogP contribution < -0.4 is 10.2 Å². The second kappa shape index (κ2) is 7.71. The van der Waals surface area contributed by atoms with Gasteiger partial charge in [-0.05, 0) is 56.9 Å². The van der Waals surface area contributed by atoms with Crippen LogP contribution in [0.1, 0.15) is 36.1 Å². The summed E-state index contributed by atoms with van der Waals surface area (Å²) in [6.07, 6.45) is 3.51. The fraction of sp³-hybridized carbons (Fsp3) is 0.400. The molecule has 0 atom stereocenters. The van der Waals surface area contributed by atoms with Gasteiger partial charge in [-0.1, -0.05) is 6.07 Å². The second-order valence-electron chi connectivity index (χ2n) is 6.90. The molecule has 1 saturated heterocycles. The predicted octanol–water partition coefficient (Wildman–Crippen LogP) is 2.11. The fourth-order valence-corrected chi connectivity index (χ4v) is 3.63. The molecule has 0 spiro atoms. The molecule has 0 aliphatic carbocycles. The molecule has 0 saturated carbocycles. The number of carbonyl (C=O) groups excluding carboxylic acids is 1. The zero-order valence-corrected chi connectivity index (χ0v) is 15.2. The van der Waals surface area contributed by atoms with Gasteiger partial charge in [-0.2, -0.15) is 5.26 Å². The molecule has 1 aromatic heterocycles. The van der Waals surface area contributed by atoms with Crippen molar-refractivity contribution in [2.75, 3.05) is 25.0 Å². The molecule has 136 valence electrons. The summed E-state index contributed by atoms with van der Waals surface area (Å²) in [6, 6.07) is 8.34. The smallest absolute Gasteiger partial charge is 0.280 e. The van der Waals surface area contributed by atoms with Crippen molar-refractivity contribution in [1.82, 2.24) is 4.57 Å². The molecule has 1 aromatic carbocycles. The summed E-state index contributed by atoms with van der Waals surface area (Å²) in [5, 5.41) is 12.5. The lowest BCUT2D eigenvalue weighted by atomic mass is 10.1. The van der Waals surface area contributed by atoms with Crippen LogP contribution in [-0.2, 0) is 4.79 Å². The number of piperidine rings is 1. The van der Waals surface area contributed by atoms with Crippen molar-refractivity contribution in [2.24, 2.45) is 0 Å². The van der Waals surface area contributed by atoms with Crippen LogP contribution in [0.15, 0.2) is 24.3 Å². The number of hydrogen-bond donors (Lipinski definition) is 2. The van der Waals surface area contributed by atoms with Gasteiger partial charge in [-0.15, -0.1) is 0 Å². The van der Waals surface area contributed by atoms with Gasteiger partial charge in [0.2, 0.25) is 0 Å². The van der Waals surface area contributed by atoms with Gasteiger partial charge in [0.05, 0.1) is 24.3 Å². The lowest BCUT2D eigenvalue weighted by Crippen LogP contribution is -3.13. The zero-order valence-electron chi connectivity index (χ0n) is 15.2. The Morgan fingerprint density at radius 1 is 1.31 bits per heavy atom. The minimum Gasteiger partial charge on any atom is -0.327 e. The first-order valence-electron chi connectivity index (χ1n) is 9.02. The van der Waals surface area contributed by atoms with E-state index in [0.717, 1.165) is 37.2 Å². The average molecular weight is 355 g/mol. The number of halogens is 1. The van der Waals surface area contributed by atoms with E-state index < -0.39 is 0 Å². The molecule has 1 aliphatic rings. The third kappa shape index (κ3) is 3.63. The summed E-state index contributed by atoms with van der Waals surface area (Å²) in [5.74, 6) is -0.0511. The number of aromatic nitrogens is 1. The largest absolute Gasteiger partial charge is 0.327 e. The highest BCUT2D eigenvalue weighted by Crippen LogP contribution is 2.30. The summed E-state index contributed by atoms with van der Waals surface area (Å²) in [6.45, 7) is 6.10. The minimum atomic E-state index is -0.359. The number of likely N-dealkylation sites (tertiary alicyclic amines) is 1. The third-order valence-electron chi connectivity index (χ3n) is 5.12.